The molecule has 0 aromatic rings. The van der Waals surface area contributed by atoms with Gasteiger partial charge in [-0.1, -0.05) is 0 Å². The second kappa shape index (κ2) is 16.7. The van der Waals surface area contributed by atoms with Crippen molar-refractivity contribution in [1.82, 2.24) is 21.3 Å². The van der Waals surface area contributed by atoms with E-state index < -0.39 is 91.6 Å². The molecule has 0 bridgehead atoms. The number of rotatable bonds is 18. The second-order valence-corrected chi connectivity index (χ2v) is 7.71. The third kappa shape index (κ3) is 13.2. The Balaban J connectivity index is 5.08. The molecule has 0 heterocycles. The number of carbonyl (C=O) groups is 7. The summed E-state index contributed by atoms with van der Waals surface area (Å²) in [5.74, 6) is -7.13. The van der Waals surface area contributed by atoms with Crippen LogP contribution in [-0.4, -0.2) is 95.5 Å². The van der Waals surface area contributed by atoms with Crippen LogP contribution in [0.1, 0.15) is 32.1 Å². The molecular weight excluding hydrogens is 484 g/mol. The molecule has 0 rings (SSSR count). The zero-order valence-electron chi connectivity index (χ0n) is 19.5. The molecule has 17 nitrogen and oxygen atoms in total. The smallest absolute Gasteiger partial charge is 0.326 e. The number of hydrogen-bond donors (Lipinski definition) is 10. The highest BCUT2D eigenvalue weighted by molar-refractivity contribution is 5.96. The Morgan fingerprint density at radius 2 is 1.33 bits per heavy atom. The summed E-state index contributed by atoms with van der Waals surface area (Å²) in [6, 6.07) is -5.84. The van der Waals surface area contributed by atoms with Gasteiger partial charge in [0.2, 0.25) is 35.4 Å². The fourth-order valence-corrected chi connectivity index (χ4v) is 2.75. The van der Waals surface area contributed by atoms with Gasteiger partial charge in [0.15, 0.2) is 0 Å². The lowest BCUT2D eigenvalue weighted by molar-refractivity contribution is -0.142. The van der Waals surface area contributed by atoms with Crippen LogP contribution in [0, 0.1) is 0 Å². The molecule has 0 aromatic carbocycles. The molecule has 4 unspecified atom stereocenters. The van der Waals surface area contributed by atoms with Crippen molar-refractivity contribution in [1.29, 1.82) is 0 Å². The van der Waals surface area contributed by atoms with Crippen LogP contribution in [0.15, 0.2) is 0 Å². The molecule has 0 aliphatic heterocycles. The molecular formula is C19H34N8O9. The fraction of sp³-hybridized carbons (Fsp3) is 0.632. The first kappa shape index (κ1) is 32.2. The van der Waals surface area contributed by atoms with Crippen LogP contribution in [0.4, 0.5) is 0 Å². The number of carbonyl (C=O) groups excluding carboxylic acids is 6. The van der Waals surface area contributed by atoms with E-state index in [0.717, 1.165) is 0 Å². The molecule has 36 heavy (non-hydrogen) atoms. The first-order valence-electron chi connectivity index (χ1n) is 10.9. The summed E-state index contributed by atoms with van der Waals surface area (Å²) in [6.45, 7) is -1.27. The summed E-state index contributed by atoms with van der Waals surface area (Å²) in [4.78, 5) is 82.4. The van der Waals surface area contributed by atoms with Gasteiger partial charge in [-0.05, 0) is 25.8 Å². The van der Waals surface area contributed by atoms with Crippen molar-refractivity contribution >= 4 is 41.4 Å². The highest BCUT2D eigenvalue weighted by Gasteiger charge is 2.29. The Morgan fingerprint density at radius 3 is 1.83 bits per heavy atom. The summed E-state index contributed by atoms with van der Waals surface area (Å²) in [5, 5.41) is 27.1. The number of aliphatic carboxylic acids is 1. The van der Waals surface area contributed by atoms with Gasteiger partial charge in [0.1, 0.15) is 18.1 Å². The summed E-state index contributed by atoms with van der Waals surface area (Å²) < 4.78 is 0. The molecule has 0 saturated carbocycles. The normalized spacial score (nSPS) is 13.9. The molecule has 0 aliphatic rings. The quantitative estimate of drug-likeness (QED) is 0.0761. The first-order valence-corrected chi connectivity index (χ1v) is 10.9. The first-order chi connectivity index (χ1) is 16.8. The Morgan fingerprint density at radius 1 is 0.750 bits per heavy atom. The topological polar surface area (TPSA) is 312 Å². The SMILES string of the molecule is NCCCCC(NC(=O)CNC(=O)C(CC(N)=O)NC(=O)C(CO)NC(=O)C(N)CC(N)=O)C(=O)O. The van der Waals surface area contributed by atoms with E-state index in [4.69, 9.17) is 22.9 Å². The van der Waals surface area contributed by atoms with Crippen molar-refractivity contribution in [3.63, 3.8) is 0 Å². The van der Waals surface area contributed by atoms with Crippen LogP contribution < -0.4 is 44.2 Å². The van der Waals surface area contributed by atoms with E-state index in [1.54, 1.807) is 0 Å². The number of primary amides is 2. The fourth-order valence-electron chi connectivity index (χ4n) is 2.75. The zero-order chi connectivity index (χ0) is 27.8. The lowest BCUT2D eigenvalue weighted by Gasteiger charge is -2.22. The van der Waals surface area contributed by atoms with Crippen molar-refractivity contribution in [2.24, 2.45) is 22.9 Å². The van der Waals surface area contributed by atoms with Gasteiger partial charge in [-0.3, -0.25) is 28.8 Å². The van der Waals surface area contributed by atoms with Gasteiger partial charge in [-0.25, -0.2) is 4.79 Å². The van der Waals surface area contributed by atoms with Crippen molar-refractivity contribution < 1.29 is 43.8 Å². The van der Waals surface area contributed by atoms with Gasteiger partial charge in [-0.2, -0.15) is 0 Å². The molecule has 14 N–H and O–H groups in total. The molecule has 0 saturated heterocycles. The molecule has 17 heteroatoms. The minimum absolute atomic E-state index is 0.115. The Bertz CT molecular complexity index is 823. The maximum Gasteiger partial charge on any atom is 0.326 e. The van der Waals surface area contributed by atoms with E-state index in [0.29, 0.717) is 19.4 Å². The number of aliphatic hydroxyl groups is 1. The molecule has 6 amide bonds. The molecule has 0 aliphatic carbocycles. The molecule has 0 spiro atoms. The summed E-state index contributed by atoms with van der Waals surface area (Å²) in [6.07, 6.45) is -0.122. The summed E-state index contributed by atoms with van der Waals surface area (Å²) in [7, 11) is 0. The molecule has 0 fully saturated rings. The number of aliphatic hydroxyl groups excluding tert-OH is 1. The van der Waals surface area contributed by atoms with Crippen molar-refractivity contribution in [2.75, 3.05) is 19.7 Å². The van der Waals surface area contributed by atoms with E-state index in [1.807, 2.05) is 0 Å². The second-order valence-electron chi connectivity index (χ2n) is 7.71. The third-order valence-electron chi connectivity index (χ3n) is 4.62. The van der Waals surface area contributed by atoms with Crippen molar-refractivity contribution in [2.45, 2.75) is 56.3 Å². The zero-order valence-corrected chi connectivity index (χ0v) is 19.5. The lowest BCUT2D eigenvalue weighted by atomic mass is 10.1. The maximum absolute atomic E-state index is 12.4. The van der Waals surface area contributed by atoms with Crippen molar-refractivity contribution in [3.05, 3.63) is 0 Å². The van der Waals surface area contributed by atoms with E-state index in [9.17, 15) is 43.8 Å². The van der Waals surface area contributed by atoms with E-state index >= 15 is 0 Å². The van der Waals surface area contributed by atoms with Crippen LogP contribution in [0.2, 0.25) is 0 Å². The number of nitrogens with two attached hydrogens (primary N) is 4. The predicted octanol–water partition coefficient (Wildman–Crippen LogP) is -6.16. The van der Waals surface area contributed by atoms with Gasteiger partial charge >= 0.3 is 5.97 Å². The number of amides is 6. The average Bonchev–Trinajstić information content (AvgIpc) is 2.78. The Labute approximate surface area is 206 Å². The molecule has 204 valence electrons. The Kier molecular flexibility index (Phi) is 15.0. The van der Waals surface area contributed by atoms with E-state index in [-0.39, 0.29) is 6.42 Å². The molecule has 4 atom stereocenters. The standard InChI is InChI=1S/C19H34N8O9/c20-4-2-1-3-10(19(35)36)25-15(31)7-24-17(33)11(6-14(23)30)26-18(34)12(8-28)27-16(32)9(21)5-13(22)29/h9-12,28H,1-8,20-21H2,(H2,22,29)(H2,23,30)(H,24,33)(H,25,31)(H,26,34)(H,27,32)(H,35,36). The predicted molar refractivity (Wildman–Crippen MR) is 122 cm³/mol. The summed E-state index contributed by atoms with van der Waals surface area (Å²) >= 11 is 0. The van der Waals surface area contributed by atoms with Crippen LogP contribution >= 0.6 is 0 Å². The van der Waals surface area contributed by atoms with E-state index in [1.165, 1.54) is 0 Å². The highest BCUT2D eigenvalue weighted by atomic mass is 16.4. The van der Waals surface area contributed by atoms with Crippen LogP contribution in [0.25, 0.3) is 0 Å². The molecule has 0 aromatic heterocycles. The number of nitrogens with one attached hydrogen (secondary N) is 4. The van der Waals surface area contributed by atoms with Crippen LogP contribution in [-0.2, 0) is 33.6 Å². The number of carboxylic acid groups (broad SMARTS) is 1. The Hall–Kier alpha value is -3.83. The van der Waals surface area contributed by atoms with Gasteiger partial charge < -0.3 is 54.4 Å². The van der Waals surface area contributed by atoms with Crippen LogP contribution in [0.3, 0.4) is 0 Å². The van der Waals surface area contributed by atoms with E-state index in [2.05, 4.69) is 21.3 Å². The largest absolute Gasteiger partial charge is 0.480 e. The van der Waals surface area contributed by atoms with Crippen LogP contribution in [0.5, 0.6) is 0 Å². The average molecular weight is 519 g/mol. The van der Waals surface area contributed by atoms with Gasteiger partial charge in [0.25, 0.3) is 0 Å². The highest BCUT2D eigenvalue weighted by Crippen LogP contribution is 2.01. The monoisotopic (exact) mass is 518 g/mol. The number of carboxylic acids is 1. The van der Waals surface area contributed by atoms with Gasteiger partial charge in [-0.15, -0.1) is 0 Å². The minimum atomic E-state index is -1.62. The van der Waals surface area contributed by atoms with Gasteiger partial charge in [0, 0.05) is 0 Å². The minimum Gasteiger partial charge on any atom is -0.480 e. The number of hydrogen-bond acceptors (Lipinski definition) is 10. The maximum atomic E-state index is 12.4. The lowest BCUT2D eigenvalue weighted by Crippen LogP contribution is -2.58. The number of unbranched alkanes of at least 4 members (excludes halogenated alkanes) is 1. The summed E-state index contributed by atoms with van der Waals surface area (Å²) in [5.41, 5.74) is 20.8. The molecule has 0 radical (unpaired) electrons. The van der Waals surface area contributed by atoms with Gasteiger partial charge in [0.05, 0.1) is 32.0 Å². The third-order valence-corrected chi connectivity index (χ3v) is 4.62. The van der Waals surface area contributed by atoms with Crippen molar-refractivity contribution in [3.8, 4) is 0 Å².